The van der Waals surface area contributed by atoms with Gasteiger partial charge < -0.3 is 4.74 Å². The monoisotopic (exact) mass is 258 g/mol. The molecular formula is C17H22O2. The highest BCUT2D eigenvalue weighted by molar-refractivity contribution is 5.86. The minimum Gasteiger partial charge on any atom is -0.462 e. The Kier molecular flexibility index (Phi) is 3.79. The number of benzene rings is 1. The molecular weight excluding hydrogens is 236 g/mol. The summed E-state index contributed by atoms with van der Waals surface area (Å²) >= 11 is 0. The zero-order valence-corrected chi connectivity index (χ0v) is 12.0. The number of hydrogen-bond donors (Lipinski definition) is 0. The minimum absolute atomic E-state index is 0.125. The molecule has 1 aromatic rings. The molecule has 0 radical (unpaired) electrons. The summed E-state index contributed by atoms with van der Waals surface area (Å²) in [6.45, 7) is 10.2. The van der Waals surface area contributed by atoms with E-state index >= 15 is 0 Å². The standard InChI is InChI=1S/C17H22O2/c1-12(2)16(18)19-11-17(4)10-15(17)13(3)14-8-6-5-7-9-14/h5-9,13,15H,1,10-11H2,2-4H3/t13-,15?,17?/m1/s1. The Hall–Kier alpha value is -1.57. The molecule has 0 aliphatic heterocycles. The molecule has 1 aromatic carbocycles. The van der Waals surface area contributed by atoms with E-state index in [2.05, 4.69) is 44.7 Å². The van der Waals surface area contributed by atoms with E-state index in [9.17, 15) is 4.79 Å². The fourth-order valence-corrected chi connectivity index (χ4v) is 2.73. The van der Waals surface area contributed by atoms with Gasteiger partial charge in [0.15, 0.2) is 0 Å². The molecule has 0 saturated heterocycles. The van der Waals surface area contributed by atoms with Crippen molar-refractivity contribution in [2.45, 2.75) is 33.1 Å². The van der Waals surface area contributed by atoms with Crippen LogP contribution in [0.2, 0.25) is 0 Å². The first-order valence-electron chi connectivity index (χ1n) is 6.81. The zero-order chi connectivity index (χ0) is 14.0. The Labute approximate surface area is 115 Å². The van der Waals surface area contributed by atoms with Gasteiger partial charge in [-0.15, -0.1) is 0 Å². The van der Waals surface area contributed by atoms with E-state index in [1.807, 2.05) is 6.07 Å². The molecule has 1 aliphatic rings. The fraction of sp³-hybridized carbons (Fsp3) is 0.471. The van der Waals surface area contributed by atoms with Crippen LogP contribution in [-0.2, 0) is 9.53 Å². The highest BCUT2D eigenvalue weighted by Gasteiger charge is 2.53. The third kappa shape index (κ3) is 3.06. The maximum absolute atomic E-state index is 11.4. The molecule has 2 nitrogen and oxygen atoms in total. The summed E-state index contributed by atoms with van der Waals surface area (Å²) in [6.07, 6.45) is 1.12. The summed E-state index contributed by atoms with van der Waals surface area (Å²) in [5.74, 6) is 0.821. The summed E-state index contributed by atoms with van der Waals surface area (Å²) in [5, 5.41) is 0. The average molecular weight is 258 g/mol. The predicted octanol–water partition coefficient (Wildman–Crippen LogP) is 3.94. The summed E-state index contributed by atoms with van der Waals surface area (Å²) in [5.41, 5.74) is 1.96. The second-order valence-corrected chi connectivity index (χ2v) is 6.02. The van der Waals surface area contributed by atoms with Crippen LogP contribution in [0.5, 0.6) is 0 Å². The Morgan fingerprint density at radius 1 is 1.47 bits per heavy atom. The van der Waals surface area contributed by atoms with Crippen LogP contribution in [0.15, 0.2) is 42.5 Å². The first kappa shape index (κ1) is 13.9. The van der Waals surface area contributed by atoms with Crippen molar-refractivity contribution < 1.29 is 9.53 Å². The predicted molar refractivity (Wildman–Crippen MR) is 76.8 cm³/mol. The number of carbonyl (C=O) groups is 1. The number of ether oxygens (including phenoxy) is 1. The van der Waals surface area contributed by atoms with Crippen molar-refractivity contribution in [1.82, 2.24) is 0 Å². The molecule has 0 bridgehead atoms. The summed E-state index contributed by atoms with van der Waals surface area (Å²) in [4.78, 5) is 11.4. The van der Waals surface area contributed by atoms with Crippen LogP contribution in [0.1, 0.15) is 38.7 Å². The van der Waals surface area contributed by atoms with Crippen LogP contribution < -0.4 is 0 Å². The maximum Gasteiger partial charge on any atom is 0.333 e. The van der Waals surface area contributed by atoms with E-state index in [1.54, 1.807) is 6.92 Å². The lowest BCUT2D eigenvalue weighted by atomic mass is 9.91. The van der Waals surface area contributed by atoms with E-state index in [1.165, 1.54) is 5.56 Å². The molecule has 1 fully saturated rings. The number of carbonyl (C=O) groups excluding carboxylic acids is 1. The van der Waals surface area contributed by atoms with Crippen LogP contribution in [0.4, 0.5) is 0 Å². The lowest BCUT2D eigenvalue weighted by Gasteiger charge is -2.17. The van der Waals surface area contributed by atoms with Crippen molar-refractivity contribution in [1.29, 1.82) is 0 Å². The molecule has 0 N–H and O–H groups in total. The van der Waals surface area contributed by atoms with Gasteiger partial charge in [-0.25, -0.2) is 4.79 Å². The second-order valence-electron chi connectivity index (χ2n) is 6.02. The van der Waals surface area contributed by atoms with Crippen LogP contribution in [0.25, 0.3) is 0 Å². The lowest BCUT2D eigenvalue weighted by molar-refractivity contribution is -0.140. The minimum atomic E-state index is -0.278. The van der Waals surface area contributed by atoms with E-state index in [4.69, 9.17) is 4.74 Å². The molecule has 102 valence electrons. The highest BCUT2D eigenvalue weighted by Crippen LogP contribution is 2.58. The Bertz CT molecular complexity index is 477. The van der Waals surface area contributed by atoms with E-state index in [0.29, 0.717) is 24.0 Å². The normalized spacial score (nSPS) is 26.6. The quantitative estimate of drug-likeness (QED) is 0.590. The summed E-state index contributed by atoms with van der Waals surface area (Å²) < 4.78 is 5.31. The molecule has 2 heteroatoms. The maximum atomic E-state index is 11.4. The largest absolute Gasteiger partial charge is 0.462 e. The van der Waals surface area contributed by atoms with Crippen molar-refractivity contribution in [2.24, 2.45) is 11.3 Å². The lowest BCUT2D eigenvalue weighted by Crippen LogP contribution is -2.16. The Balaban J connectivity index is 1.92. The second kappa shape index (κ2) is 5.20. The van der Waals surface area contributed by atoms with Gasteiger partial charge in [0, 0.05) is 11.0 Å². The van der Waals surface area contributed by atoms with Crippen molar-refractivity contribution in [2.75, 3.05) is 6.61 Å². The van der Waals surface area contributed by atoms with Crippen molar-refractivity contribution >= 4 is 5.97 Å². The van der Waals surface area contributed by atoms with Crippen LogP contribution in [-0.4, -0.2) is 12.6 Å². The number of hydrogen-bond acceptors (Lipinski definition) is 2. The summed E-state index contributed by atoms with van der Waals surface area (Å²) in [6, 6.07) is 10.5. The van der Waals surface area contributed by atoms with Gasteiger partial charge in [-0.3, -0.25) is 0 Å². The van der Waals surface area contributed by atoms with E-state index < -0.39 is 0 Å². The molecule has 2 rings (SSSR count). The number of rotatable bonds is 5. The van der Waals surface area contributed by atoms with Gasteiger partial charge in [0.05, 0.1) is 6.61 Å². The average Bonchev–Trinajstić information content (AvgIpc) is 3.08. The van der Waals surface area contributed by atoms with Gasteiger partial charge >= 0.3 is 5.97 Å². The fourth-order valence-electron chi connectivity index (χ4n) is 2.73. The molecule has 0 spiro atoms. The first-order chi connectivity index (χ1) is 8.94. The molecule has 3 atom stereocenters. The molecule has 0 aromatic heterocycles. The van der Waals surface area contributed by atoms with Gasteiger partial charge in [0.25, 0.3) is 0 Å². The van der Waals surface area contributed by atoms with Crippen LogP contribution >= 0.6 is 0 Å². The third-order valence-corrected chi connectivity index (χ3v) is 4.23. The van der Waals surface area contributed by atoms with Gasteiger partial charge in [-0.2, -0.15) is 0 Å². The molecule has 19 heavy (non-hydrogen) atoms. The van der Waals surface area contributed by atoms with Gasteiger partial charge in [0.2, 0.25) is 0 Å². The molecule has 0 heterocycles. The summed E-state index contributed by atoms with van der Waals surface area (Å²) in [7, 11) is 0. The van der Waals surface area contributed by atoms with E-state index in [-0.39, 0.29) is 11.4 Å². The molecule has 1 aliphatic carbocycles. The first-order valence-corrected chi connectivity index (χ1v) is 6.81. The Morgan fingerprint density at radius 2 is 2.11 bits per heavy atom. The molecule has 0 amide bonds. The zero-order valence-electron chi connectivity index (χ0n) is 12.0. The van der Waals surface area contributed by atoms with Crippen LogP contribution in [0, 0.1) is 11.3 Å². The topological polar surface area (TPSA) is 26.3 Å². The smallest absolute Gasteiger partial charge is 0.333 e. The van der Waals surface area contributed by atoms with Gasteiger partial charge in [-0.1, -0.05) is 50.8 Å². The highest BCUT2D eigenvalue weighted by atomic mass is 16.5. The van der Waals surface area contributed by atoms with Gasteiger partial charge in [-0.05, 0) is 30.7 Å². The molecule has 2 unspecified atom stereocenters. The van der Waals surface area contributed by atoms with E-state index in [0.717, 1.165) is 6.42 Å². The van der Waals surface area contributed by atoms with Crippen molar-refractivity contribution in [3.8, 4) is 0 Å². The number of esters is 1. The molecule has 1 saturated carbocycles. The Morgan fingerprint density at radius 3 is 2.68 bits per heavy atom. The SMILES string of the molecule is C=C(C)C(=O)OCC1(C)CC1[C@H](C)c1ccccc1. The third-order valence-electron chi connectivity index (χ3n) is 4.23. The van der Waals surface area contributed by atoms with Crippen molar-refractivity contribution in [3.05, 3.63) is 48.0 Å². The van der Waals surface area contributed by atoms with Crippen molar-refractivity contribution in [3.63, 3.8) is 0 Å². The van der Waals surface area contributed by atoms with Gasteiger partial charge in [0.1, 0.15) is 0 Å². The van der Waals surface area contributed by atoms with Crippen LogP contribution in [0.3, 0.4) is 0 Å².